The van der Waals surface area contributed by atoms with Crippen LogP contribution in [0.1, 0.15) is 44.7 Å². The highest BCUT2D eigenvalue weighted by Gasteiger charge is 2.49. The molecule has 0 bridgehead atoms. The summed E-state index contributed by atoms with van der Waals surface area (Å²) in [6, 6.07) is 0. The summed E-state index contributed by atoms with van der Waals surface area (Å²) >= 11 is 0. The van der Waals surface area contributed by atoms with Crippen LogP contribution in [0.4, 0.5) is 0 Å². The molecular formula is C17H25N3O3. The first kappa shape index (κ1) is 16.2. The van der Waals surface area contributed by atoms with E-state index in [0.29, 0.717) is 32.0 Å². The van der Waals surface area contributed by atoms with Gasteiger partial charge in [0.1, 0.15) is 11.7 Å². The van der Waals surface area contributed by atoms with Gasteiger partial charge in [-0.15, -0.1) is 0 Å². The zero-order chi connectivity index (χ0) is 16.3. The highest BCUT2D eigenvalue weighted by atomic mass is 16.5. The first-order valence-electron chi connectivity index (χ1n) is 8.47. The number of ether oxygens (including phenoxy) is 2. The van der Waals surface area contributed by atoms with Crippen LogP contribution in [0.25, 0.3) is 0 Å². The average molecular weight is 319 g/mol. The molecule has 1 spiro atoms. The smallest absolute Gasteiger partial charge is 0.232 e. The van der Waals surface area contributed by atoms with Crippen molar-refractivity contribution in [2.45, 2.75) is 57.7 Å². The maximum atomic E-state index is 12.0. The van der Waals surface area contributed by atoms with E-state index in [1.807, 2.05) is 11.8 Å². The van der Waals surface area contributed by atoms with Crippen LogP contribution < -0.4 is 4.74 Å². The molecule has 1 amide bonds. The first-order chi connectivity index (χ1) is 11.1. The van der Waals surface area contributed by atoms with E-state index < -0.39 is 0 Å². The molecular weight excluding hydrogens is 294 g/mol. The van der Waals surface area contributed by atoms with Crippen LogP contribution >= 0.6 is 0 Å². The molecule has 126 valence electrons. The zero-order valence-electron chi connectivity index (χ0n) is 14.0. The van der Waals surface area contributed by atoms with Crippen LogP contribution in [0.2, 0.25) is 0 Å². The molecule has 0 radical (unpaired) electrons. The topological polar surface area (TPSA) is 64.6 Å². The highest BCUT2D eigenvalue weighted by molar-refractivity contribution is 5.77. The summed E-state index contributed by atoms with van der Waals surface area (Å²) in [4.78, 5) is 22.4. The predicted octanol–water partition coefficient (Wildman–Crippen LogP) is 2.11. The van der Waals surface area contributed by atoms with Gasteiger partial charge in [-0.3, -0.25) is 9.78 Å². The zero-order valence-corrected chi connectivity index (χ0v) is 14.0. The van der Waals surface area contributed by atoms with Gasteiger partial charge in [0.15, 0.2) is 0 Å². The number of aryl methyl sites for hydroxylation is 1. The summed E-state index contributed by atoms with van der Waals surface area (Å²) in [6.45, 7) is 6.05. The maximum Gasteiger partial charge on any atom is 0.232 e. The number of amides is 1. The maximum absolute atomic E-state index is 12.0. The summed E-state index contributed by atoms with van der Waals surface area (Å²) < 4.78 is 11.9. The minimum absolute atomic E-state index is 0.0766. The minimum Gasteiger partial charge on any atom is -0.473 e. The van der Waals surface area contributed by atoms with Crippen molar-refractivity contribution in [3.05, 3.63) is 18.1 Å². The van der Waals surface area contributed by atoms with E-state index in [0.717, 1.165) is 31.4 Å². The van der Waals surface area contributed by atoms with Crippen LogP contribution in [0.5, 0.6) is 5.88 Å². The second-order valence-electron chi connectivity index (χ2n) is 6.62. The SMILES string of the molecule is CCCCC(=O)N1CC2(CC(Oc3cncc(C)n3)CCO2)C1. The minimum atomic E-state index is -0.220. The Balaban J connectivity index is 1.52. The number of unbranched alkanes of at least 4 members (excludes halogenated alkanes) is 1. The number of hydrogen-bond donors (Lipinski definition) is 0. The Bertz CT molecular complexity index is 558. The van der Waals surface area contributed by atoms with Gasteiger partial charge in [0.25, 0.3) is 0 Å². The van der Waals surface area contributed by atoms with Crippen LogP contribution in [0.15, 0.2) is 12.4 Å². The van der Waals surface area contributed by atoms with Crippen molar-refractivity contribution in [2.24, 2.45) is 0 Å². The molecule has 6 heteroatoms. The molecule has 3 heterocycles. The van der Waals surface area contributed by atoms with Gasteiger partial charge < -0.3 is 14.4 Å². The van der Waals surface area contributed by atoms with Crippen molar-refractivity contribution >= 4 is 5.91 Å². The van der Waals surface area contributed by atoms with Crippen LogP contribution in [-0.4, -0.2) is 52.2 Å². The van der Waals surface area contributed by atoms with Crippen molar-refractivity contribution in [3.8, 4) is 5.88 Å². The van der Waals surface area contributed by atoms with E-state index in [1.165, 1.54) is 0 Å². The van der Waals surface area contributed by atoms with Gasteiger partial charge >= 0.3 is 0 Å². The molecule has 0 saturated carbocycles. The Morgan fingerprint density at radius 3 is 3.04 bits per heavy atom. The summed E-state index contributed by atoms with van der Waals surface area (Å²) in [6.07, 6.45) is 7.75. The fourth-order valence-electron chi connectivity index (χ4n) is 3.28. The lowest BCUT2D eigenvalue weighted by Gasteiger charge is -2.52. The third kappa shape index (κ3) is 3.80. The number of likely N-dealkylation sites (tertiary alicyclic amines) is 1. The molecule has 1 atom stereocenters. The van der Waals surface area contributed by atoms with Gasteiger partial charge in [0, 0.05) is 25.5 Å². The van der Waals surface area contributed by atoms with Crippen molar-refractivity contribution in [1.29, 1.82) is 0 Å². The van der Waals surface area contributed by atoms with Crippen molar-refractivity contribution < 1.29 is 14.3 Å². The molecule has 0 aliphatic carbocycles. The second-order valence-corrected chi connectivity index (χ2v) is 6.62. The Labute approximate surface area is 137 Å². The normalized spacial score (nSPS) is 22.7. The fourth-order valence-corrected chi connectivity index (χ4v) is 3.28. The number of aromatic nitrogens is 2. The Morgan fingerprint density at radius 1 is 1.48 bits per heavy atom. The molecule has 2 aliphatic heterocycles. The van der Waals surface area contributed by atoms with Crippen LogP contribution in [0, 0.1) is 6.92 Å². The Hall–Kier alpha value is -1.69. The third-order valence-electron chi connectivity index (χ3n) is 4.52. The van der Waals surface area contributed by atoms with E-state index in [-0.39, 0.29) is 17.6 Å². The molecule has 1 aromatic rings. The van der Waals surface area contributed by atoms with Gasteiger partial charge in [-0.2, -0.15) is 0 Å². The quantitative estimate of drug-likeness (QED) is 0.832. The molecule has 1 unspecified atom stereocenters. The lowest BCUT2D eigenvalue weighted by molar-refractivity contribution is -0.193. The fraction of sp³-hybridized carbons (Fsp3) is 0.706. The Kier molecular flexibility index (Phi) is 4.80. The number of hydrogen-bond acceptors (Lipinski definition) is 5. The van der Waals surface area contributed by atoms with Crippen molar-refractivity contribution in [1.82, 2.24) is 14.9 Å². The standard InChI is InChI=1S/C17H25N3O3/c1-3-4-5-16(21)20-11-17(12-20)8-14(6-7-22-17)23-15-10-18-9-13(2)19-15/h9-10,14H,3-8,11-12H2,1-2H3. The molecule has 2 saturated heterocycles. The van der Waals surface area contributed by atoms with Gasteiger partial charge in [0.05, 0.1) is 31.6 Å². The molecule has 2 fully saturated rings. The van der Waals surface area contributed by atoms with E-state index in [1.54, 1.807) is 12.4 Å². The van der Waals surface area contributed by atoms with Crippen LogP contribution in [-0.2, 0) is 9.53 Å². The largest absolute Gasteiger partial charge is 0.473 e. The number of rotatable bonds is 5. The molecule has 3 rings (SSSR count). The van der Waals surface area contributed by atoms with E-state index >= 15 is 0 Å². The van der Waals surface area contributed by atoms with Crippen LogP contribution in [0.3, 0.4) is 0 Å². The Morgan fingerprint density at radius 2 is 2.30 bits per heavy atom. The number of carbonyl (C=O) groups excluding carboxylic acids is 1. The first-order valence-corrected chi connectivity index (χ1v) is 8.47. The highest BCUT2D eigenvalue weighted by Crippen LogP contribution is 2.35. The van der Waals surface area contributed by atoms with E-state index in [4.69, 9.17) is 9.47 Å². The number of carbonyl (C=O) groups is 1. The van der Waals surface area contributed by atoms with E-state index in [2.05, 4.69) is 16.9 Å². The summed E-state index contributed by atoms with van der Waals surface area (Å²) in [5.41, 5.74) is 0.628. The monoisotopic (exact) mass is 319 g/mol. The molecule has 23 heavy (non-hydrogen) atoms. The number of nitrogens with zero attached hydrogens (tertiary/aromatic N) is 3. The van der Waals surface area contributed by atoms with E-state index in [9.17, 15) is 4.79 Å². The average Bonchev–Trinajstić information content (AvgIpc) is 2.50. The molecule has 2 aliphatic rings. The van der Waals surface area contributed by atoms with Gasteiger partial charge in [-0.1, -0.05) is 13.3 Å². The summed E-state index contributed by atoms with van der Waals surface area (Å²) in [7, 11) is 0. The summed E-state index contributed by atoms with van der Waals surface area (Å²) in [5.74, 6) is 0.816. The third-order valence-corrected chi connectivity index (χ3v) is 4.52. The molecule has 0 aromatic carbocycles. The van der Waals surface area contributed by atoms with Gasteiger partial charge in [-0.25, -0.2) is 4.98 Å². The predicted molar refractivity (Wildman–Crippen MR) is 85.2 cm³/mol. The second kappa shape index (κ2) is 6.83. The molecule has 0 N–H and O–H groups in total. The van der Waals surface area contributed by atoms with Gasteiger partial charge in [-0.05, 0) is 13.3 Å². The van der Waals surface area contributed by atoms with Crippen molar-refractivity contribution in [3.63, 3.8) is 0 Å². The molecule has 1 aromatic heterocycles. The summed E-state index contributed by atoms with van der Waals surface area (Å²) in [5, 5.41) is 0. The lowest BCUT2D eigenvalue weighted by atomic mass is 9.84. The lowest BCUT2D eigenvalue weighted by Crippen LogP contribution is -2.67. The molecule has 6 nitrogen and oxygen atoms in total. The van der Waals surface area contributed by atoms with Gasteiger partial charge in [0.2, 0.25) is 11.8 Å². The van der Waals surface area contributed by atoms with Crippen molar-refractivity contribution in [2.75, 3.05) is 19.7 Å².